The molecule has 5 atom stereocenters. The lowest BCUT2D eigenvalue weighted by Gasteiger charge is -2.52. The van der Waals surface area contributed by atoms with Crippen LogP contribution < -0.4 is 0 Å². The van der Waals surface area contributed by atoms with Crippen LogP contribution in [0.2, 0.25) is 0 Å². The Balaban J connectivity index is 1.68. The second-order valence-electron chi connectivity index (χ2n) is 7.10. The van der Waals surface area contributed by atoms with E-state index in [1.165, 1.54) is 6.42 Å². The third kappa shape index (κ3) is 1.86. The largest absolute Gasteiger partial charge is 0.243 e. The molecule has 0 aromatic heterocycles. The number of benzene rings is 1. The van der Waals surface area contributed by atoms with Gasteiger partial charge in [0.1, 0.15) is 0 Å². The van der Waals surface area contributed by atoms with Crippen LogP contribution in [0.4, 0.5) is 0 Å². The van der Waals surface area contributed by atoms with E-state index in [0.29, 0.717) is 35.1 Å². The molecular formula is C18H23NO2S. The molecule has 0 spiro atoms. The van der Waals surface area contributed by atoms with Gasteiger partial charge in [-0.3, -0.25) is 0 Å². The van der Waals surface area contributed by atoms with Crippen LogP contribution in [0.15, 0.2) is 41.8 Å². The van der Waals surface area contributed by atoms with Crippen LogP contribution in [0.5, 0.6) is 0 Å². The van der Waals surface area contributed by atoms with E-state index in [4.69, 9.17) is 0 Å². The van der Waals surface area contributed by atoms with Crippen LogP contribution >= 0.6 is 0 Å². The van der Waals surface area contributed by atoms with Crippen molar-refractivity contribution in [1.82, 2.24) is 4.31 Å². The number of hydrogen-bond acceptors (Lipinski definition) is 2. The summed E-state index contributed by atoms with van der Waals surface area (Å²) in [5.41, 5.74) is 1.09. The topological polar surface area (TPSA) is 37.4 Å². The van der Waals surface area contributed by atoms with E-state index >= 15 is 0 Å². The molecule has 1 saturated heterocycles. The molecule has 22 heavy (non-hydrogen) atoms. The molecule has 3 nitrogen and oxygen atoms in total. The Morgan fingerprint density at radius 2 is 1.91 bits per heavy atom. The van der Waals surface area contributed by atoms with Crippen molar-refractivity contribution in [2.24, 2.45) is 23.7 Å². The first-order valence-electron chi connectivity index (χ1n) is 8.25. The lowest BCUT2D eigenvalue weighted by molar-refractivity contribution is -0.0000525. The SMILES string of the molecule is C=C[C@@H]1[C@H]2CN(S(=O)(=O)c3ccc(C)cc3)[C@H]3CCC[C@@H]1[C@@H]23. The fraction of sp³-hybridized carbons (Fsp3) is 0.556. The quantitative estimate of drug-likeness (QED) is 0.803. The Bertz CT molecular complexity index is 694. The molecule has 0 N–H and O–H groups in total. The molecule has 3 aliphatic rings. The maximum absolute atomic E-state index is 13.1. The zero-order valence-electron chi connectivity index (χ0n) is 13.0. The second-order valence-corrected chi connectivity index (χ2v) is 8.99. The molecule has 2 aliphatic carbocycles. The van der Waals surface area contributed by atoms with E-state index in [9.17, 15) is 8.42 Å². The number of aryl methyl sites for hydroxylation is 1. The van der Waals surface area contributed by atoms with Crippen molar-refractivity contribution < 1.29 is 8.42 Å². The Kier molecular flexibility index (Phi) is 3.24. The summed E-state index contributed by atoms with van der Waals surface area (Å²) in [6.45, 7) is 6.64. The average molecular weight is 317 g/mol. The summed E-state index contributed by atoms with van der Waals surface area (Å²) < 4.78 is 27.9. The van der Waals surface area contributed by atoms with Crippen LogP contribution in [0, 0.1) is 30.6 Å². The smallest absolute Gasteiger partial charge is 0.207 e. The van der Waals surface area contributed by atoms with Crippen molar-refractivity contribution in [3.8, 4) is 0 Å². The van der Waals surface area contributed by atoms with Crippen molar-refractivity contribution >= 4 is 10.0 Å². The molecule has 0 unspecified atom stereocenters. The summed E-state index contributed by atoms with van der Waals surface area (Å²) in [5, 5.41) is 0. The van der Waals surface area contributed by atoms with Gasteiger partial charge in [0.05, 0.1) is 4.90 Å². The molecule has 2 saturated carbocycles. The molecule has 0 radical (unpaired) electrons. The summed E-state index contributed by atoms with van der Waals surface area (Å²) in [6, 6.07) is 7.47. The van der Waals surface area contributed by atoms with E-state index in [1.807, 2.05) is 23.4 Å². The minimum atomic E-state index is -3.36. The number of hydrogen-bond donors (Lipinski definition) is 0. The number of rotatable bonds is 3. The summed E-state index contributed by atoms with van der Waals surface area (Å²) >= 11 is 0. The zero-order chi connectivity index (χ0) is 15.5. The van der Waals surface area contributed by atoms with Gasteiger partial charge in [0.25, 0.3) is 0 Å². The highest BCUT2D eigenvalue weighted by atomic mass is 32.2. The van der Waals surface area contributed by atoms with Gasteiger partial charge in [-0.2, -0.15) is 4.31 Å². The van der Waals surface area contributed by atoms with Gasteiger partial charge in [0.2, 0.25) is 10.0 Å². The normalized spacial score (nSPS) is 37.4. The maximum atomic E-state index is 13.1. The van der Waals surface area contributed by atoms with E-state index in [-0.39, 0.29) is 6.04 Å². The lowest BCUT2D eigenvalue weighted by Crippen LogP contribution is -2.50. The molecule has 0 bridgehead atoms. The van der Waals surface area contributed by atoms with Gasteiger partial charge < -0.3 is 0 Å². The minimum Gasteiger partial charge on any atom is -0.207 e. The highest BCUT2D eigenvalue weighted by Gasteiger charge is 2.61. The summed E-state index contributed by atoms with van der Waals surface area (Å²) in [4.78, 5) is 0.441. The first kappa shape index (κ1) is 14.5. The fourth-order valence-corrected chi connectivity index (χ4v) is 6.83. The van der Waals surface area contributed by atoms with Crippen molar-refractivity contribution in [2.75, 3.05) is 6.54 Å². The van der Waals surface area contributed by atoms with Crippen LogP contribution in [0.1, 0.15) is 24.8 Å². The van der Waals surface area contributed by atoms with Crippen molar-refractivity contribution in [2.45, 2.75) is 37.1 Å². The Morgan fingerprint density at radius 1 is 1.18 bits per heavy atom. The second kappa shape index (κ2) is 4.93. The minimum absolute atomic E-state index is 0.214. The summed E-state index contributed by atoms with van der Waals surface area (Å²) in [5.74, 6) is 2.25. The first-order chi connectivity index (χ1) is 10.5. The highest BCUT2D eigenvalue weighted by Crippen LogP contribution is 2.60. The highest BCUT2D eigenvalue weighted by molar-refractivity contribution is 7.89. The Morgan fingerprint density at radius 3 is 2.59 bits per heavy atom. The third-order valence-corrected chi connectivity index (χ3v) is 8.02. The van der Waals surface area contributed by atoms with Crippen molar-refractivity contribution in [3.05, 3.63) is 42.5 Å². The Labute approximate surface area is 133 Å². The van der Waals surface area contributed by atoms with Gasteiger partial charge in [0.15, 0.2) is 0 Å². The van der Waals surface area contributed by atoms with E-state index in [0.717, 1.165) is 18.4 Å². The molecule has 0 amide bonds. The molecule has 1 aliphatic heterocycles. The lowest BCUT2D eigenvalue weighted by atomic mass is 9.52. The monoisotopic (exact) mass is 317 g/mol. The van der Waals surface area contributed by atoms with Gasteiger partial charge >= 0.3 is 0 Å². The van der Waals surface area contributed by atoms with Gasteiger partial charge in [-0.05, 0) is 55.6 Å². The Hall–Kier alpha value is -1.13. The van der Waals surface area contributed by atoms with E-state index < -0.39 is 10.0 Å². The molecule has 1 aromatic rings. The molecule has 118 valence electrons. The standard InChI is InChI=1S/C18H23NO2S/c1-3-14-15-5-4-6-17-18(15)16(14)11-19(17)22(20,21)13-9-7-12(2)8-10-13/h3,7-10,14-18H,1,4-6,11H2,2H3/t14-,15-,16+,17-,18-/m0/s1. The van der Waals surface area contributed by atoms with Crippen molar-refractivity contribution in [3.63, 3.8) is 0 Å². The number of nitrogens with zero attached hydrogens (tertiary/aromatic N) is 1. The van der Waals surface area contributed by atoms with Crippen LogP contribution in [0.25, 0.3) is 0 Å². The molecule has 1 aromatic carbocycles. The summed E-state index contributed by atoms with van der Waals surface area (Å²) in [7, 11) is -3.36. The number of allylic oxidation sites excluding steroid dienone is 1. The van der Waals surface area contributed by atoms with Crippen LogP contribution in [-0.4, -0.2) is 25.3 Å². The molecular weight excluding hydrogens is 294 g/mol. The predicted molar refractivity (Wildman–Crippen MR) is 86.9 cm³/mol. The van der Waals surface area contributed by atoms with Gasteiger partial charge in [-0.25, -0.2) is 8.42 Å². The van der Waals surface area contributed by atoms with Gasteiger partial charge in [0, 0.05) is 12.6 Å². The van der Waals surface area contributed by atoms with Crippen molar-refractivity contribution in [1.29, 1.82) is 0 Å². The zero-order valence-corrected chi connectivity index (χ0v) is 13.8. The van der Waals surface area contributed by atoms with E-state index in [2.05, 4.69) is 12.7 Å². The number of sulfonamides is 1. The van der Waals surface area contributed by atoms with Gasteiger partial charge in [-0.15, -0.1) is 6.58 Å². The molecule has 4 rings (SSSR count). The summed E-state index contributed by atoms with van der Waals surface area (Å²) in [6.07, 6.45) is 5.47. The maximum Gasteiger partial charge on any atom is 0.243 e. The third-order valence-electron chi connectivity index (χ3n) is 6.12. The molecule has 4 heteroatoms. The molecule has 3 fully saturated rings. The van der Waals surface area contributed by atoms with E-state index in [1.54, 1.807) is 12.1 Å². The first-order valence-corrected chi connectivity index (χ1v) is 9.69. The predicted octanol–water partition coefficient (Wildman–Crippen LogP) is 3.22. The molecule has 1 heterocycles. The van der Waals surface area contributed by atoms with Crippen LogP contribution in [-0.2, 0) is 10.0 Å². The van der Waals surface area contributed by atoms with Gasteiger partial charge in [-0.1, -0.05) is 30.2 Å². The van der Waals surface area contributed by atoms with Crippen LogP contribution in [0.3, 0.4) is 0 Å². The average Bonchev–Trinajstić information content (AvgIpc) is 2.86. The fourth-order valence-electron chi connectivity index (χ4n) is 5.11.